The van der Waals surface area contributed by atoms with Crippen LogP contribution >= 0.6 is 11.3 Å². The number of nitrogens with one attached hydrogen (secondary N) is 2. The first-order valence-electron chi connectivity index (χ1n) is 6.05. The van der Waals surface area contributed by atoms with Gasteiger partial charge in [-0.05, 0) is 30.0 Å². The topological polar surface area (TPSA) is 97.1 Å². The Morgan fingerprint density at radius 3 is 2.70 bits per heavy atom. The van der Waals surface area contributed by atoms with E-state index >= 15 is 0 Å². The monoisotopic (exact) mass is 312 g/mol. The second-order valence-corrected chi connectivity index (χ2v) is 6.81. The molecule has 4 N–H and O–H groups in total. The van der Waals surface area contributed by atoms with Gasteiger partial charge in [-0.25, -0.2) is 24.0 Å². The van der Waals surface area contributed by atoms with E-state index in [0.29, 0.717) is 12.2 Å². The molecule has 2 heterocycles. The highest BCUT2D eigenvalue weighted by molar-refractivity contribution is 7.89. The summed E-state index contributed by atoms with van der Waals surface area (Å²) in [7, 11) is -3.60. The van der Waals surface area contributed by atoms with Gasteiger partial charge in [0, 0.05) is 11.1 Å². The normalized spacial score (nSPS) is 13.1. The molecule has 0 bridgehead atoms. The Morgan fingerprint density at radius 1 is 1.40 bits per heavy atom. The Kier molecular flexibility index (Phi) is 4.71. The molecule has 1 atom stereocenters. The van der Waals surface area contributed by atoms with E-state index in [1.165, 1.54) is 29.7 Å². The summed E-state index contributed by atoms with van der Waals surface area (Å²) < 4.78 is 27.3. The second kappa shape index (κ2) is 6.31. The summed E-state index contributed by atoms with van der Waals surface area (Å²) in [6, 6.07) is 6.57. The van der Waals surface area contributed by atoms with Crippen molar-refractivity contribution in [1.29, 1.82) is 0 Å². The molecule has 0 aliphatic carbocycles. The number of nitrogens with two attached hydrogens (primary N) is 1. The molecule has 2 rings (SSSR count). The van der Waals surface area contributed by atoms with Gasteiger partial charge < -0.3 is 5.43 Å². The Hall–Kier alpha value is -1.48. The number of nitrogen functional groups attached to an aromatic ring is 1. The Bertz CT molecular complexity index is 639. The quantitative estimate of drug-likeness (QED) is 0.559. The molecule has 108 valence electrons. The highest BCUT2D eigenvalue weighted by Crippen LogP contribution is 2.24. The number of hydrogen-bond donors (Lipinski definition) is 3. The molecule has 0 aliphatic rings. The molecule has 0 aromatic carbocycles. The molecule has 0 fully saturated rings. The molecule has 2 aromatic heterocycles. The average Bonchev–Trinajstić information content (AvgIpc) is 2.99. The van der Waals surface area contributed by atoms with E-state index < -0.39 is 10.0 Å². The molecule has 0 radical (unpaired) electrons. The molecule has 0 aliphatic heterocycles. The first-order chi connectivity index (χ1) is 9.56. The first-order valence-corrected chi connectivity index (χ1v) is 8.41. The van der Waals surface area contributed by atoms with Gasteiger partial charge in [0.05, 0.1) is 6.04 Å². The third-order valence-electron chi connectivity index (χ3n) is 2.79. The van der Waals surface area contributed by atoms with Crippen molar-refractivity contribution < 1.29 is 8.42 Å². The van der Waals surface area contributed by atoms with E-state index in [9.17, 15) is 8.42 Å². The fourth-order valence-corrected chi connectivity index (χ4v) is 3.89. The molecule has 2 aromatic rings. The molecule has 0 saturated carbocycles. The van der Waals surface area contributed by atoms with Gasteiger partial charge in [-0.1, -0.05) is 13.0 Å². The third kappa shape index (κ3) is 3.34. The van der Waals surface area contributed by atoms with Crippen LogP contribution in [0.15, 0.2) is 40.7 Å². The van der Waals surface area contributed by atoms with Crippen LogP contribution in [0.2, 0.25) is 0 Å². The van der Waals surface area contributed by atoms with Gasteiger partial charge in [0.1, 0.15) is 10.7 Å². The smallest absolute Gasteiger partial charge is 0.242 e. The molecular weight excluding hydrogens is 296 g/mol. The summed E-state index contributed by atoms with van der Waals surface area (Å²) in [5.41, 5.74) is 2.36. The number of rotatable bonds is 6. The SMILES string of the molecule is CCC(NS(=O)(=O)c1ccc(NN)nc1)c1cccs1. The predicted octanol–water partition coefficient (Wildman–Crippen LogP) is 1.86. The highest BCUT2D eigenvalue weighted by atomic mass is 32.2. The van der Waals surface area contributed by atoms with Gasteiger partial charge in [-0.2, -0.15) is 0 Å². The van der Waals surface area contributed by atoms with E-state index in [1.54, 1.807) is 0 Å². The van der Waals surface area contributed by atoms with E-state index in [-0.39, 0.29) is 10.9 Å². The summed E-state index contributed by atoms with van der Waals surface area (Å²) in [5, 5.41) is 1.93. The fourth-order valence-electron chi connectivity index (χ4n) is 1.71. The van der Waals surface area contributed by atoms with E-state index in [4.69, 9.17) is 5.84 Å². The maximum absolute atomic E-state index is 12.3. The van der Waals surface area contributed by atoms with E-state index in [1.807, 2.05) is 24.4 Å². The van der Waals surface area contributed by atoms with Gasteiger partial charge in [0.2, 0.25) is 10.0 Å². The maximum atomic E-state index is 12.3. The summed E-state index contributed by atoms with van der Waals surface area (Å²) in [4.78, 5) is 5.01. The van der Waals surface area contributed by atoms with Crippen LogP contribution in [-0.2, 0) is 10.0 Å². The summed E-state index contributed by atoms with van der Waals surface area (Å²) in [6.45, 7) is 1.94. The number of pyridine rings is 1. The lowest BCUT2D eigenvalue weighted by Gasteiger charge is -2.15. The van der Waals surface area contributed by atoms with Crippen LogP contribution in [0.25, 0.3) is 0 Å². The predicted molar refractivity (Wildman–Crippen MR) is 79.7 cm³/mol. The lowest BCUT2D eigenvalue weighted by molar-refractivity contribution is 0.553. The number of hydrazine groups is 1. The van der Waals surface area contributed by atoms with Crippen LogP contribution in [0, 0.1) is 0 Å². The number of thiophene rings is 1. The Morgan fingerprint density at radius 2 is 2.20 bits per heavy atom. The largest absolute Gasteiger partial charge is 0.308 e. The zero-order chi connectivity index (χ0) is 14.6. The molecule has 0 spiro atoms. The zero-order valence-corrected chi connectivity index (χ0v) is 12.5. The van der Waals surface area contributed by atoms with Crippen molar-refractivity contribution in [3.63, 3.8) is 0 Å². The number of hydrogen-bond acceptors (Lipinski definition) is 6. The van der Waals surface area contributed by atoms with Crippen LogP contribution in [0.1, 0.15) is 24.3 Å². The van der Waals surface area contributed by atoms with Gasteiger partial charge in [-0.15, -0.1) is 11.3 Å². The first kappa shape index (κ1) is 14.9. The van der Waals surface area contributed by atoms with E-state index in [2.05, 4.69) is 15.1 Å². The summed E-state index contributed by atoms with van der Waals surface area (Å²) >= 11 is 1.53. The van der Waals surface area contributed by atoms with Gasteiger partial charge in [0.15, 0.2) is 0 Å². The lowest BCUT2D eigenvalue weighted by Crippen LogP contribution is -2.28. The van der Waals surface area contributed by atoms with Crippen LogP contribution in [0.4, 0.5) is 5.82 Å². The fraction of sp³-hybridized carbons (Fsp3) is 0.250. The number of sulfonamides is 1. The summed E-state index contributed by atoms with van der Waals surface area (Å²) in [5.74, 6) is 5.61. The highest BCUT2D eigenvalue weighted by Gasteiger charge is 2.21. The molecule has 0 amide bonds. The van der Waals surface area contributed by atoms with E-state index in [0.717, 1.165) is 4.88 Å². The summed E-state index contributed by atoms with van der Waals surface area (Å²) in [6.07, 6.45) is 1.95. The van der Waals surface area contributed by atoms with Gasteiger partial charge in [0.25, 0.3) is 0 Å². The average molecular weight is 312 g/mol. The van der Waals surface area contributed by atoms with Crippen LogP contribution in [0.5, 0.6) is 0 Å². The second-order valence-electron chi connectivity index (χ2n) is 4.12. The molecule has 0 saturated heterocycles. The third-order valence-corrected chi connectivity index (χ3v) is 5.23. The molecule has 20 heavy (non-hydrogen) atoms. The van der Waals surface area contributed by atoms with Gasteiger partial charge >= 0.3 is 0 Å². The van der Waals surface area contributed by atoms with Crippen LogP contribution < -0.4 is 16.0 Å². The number of aromatic nitrogens is 1. The van der Waals surface area contributed by atoms with Crippen LogP contribution in [-0.4, -0.2) is 13.4 Å². The minimum absolute atomic E-state index is 0.117. The minimum Gasteiger partial charge on any atom is -0.308 e. The van der Waals surface area contributed by atoms with Crippen molar-refractivity contribution in [2.24, 2.45) is 5.84 Å². The van der Waals surface area contributed by atoms with Crippen molar-refractivity contribution in [3.05, 3.63) is 40.7 Å². The van der Waals surface area contributed by atoms with Gasteiger partial charge in [-0.3, -0.25) is 0 Å². The standard InChI is InChI=1S/C12H16N4O2S2/c1-2-10(11-4-3-7-19-11)16-20(17,18)9-5-6-12(15-13)14-8-9/h3-8,10,16H,2,13H2,1H3,(H,14,15). The van der Waals surface area contributed by atoms with Crippen molar-refractivity contribution in [3.8, 4) is 0 Å². The van der Waals surface area contributed by atoms with Crippen molar-refractivity contribution in [1.82, 2.24) is 9.71 Å². The molecular formula is C12H16N4O2S2. The van der Waals surface area contributed by atoms with Crippen molar-refractivity contribution in [2.75, 3.05) is 5.43 Å². The van der Waals surface area contributed by atoms with Crippen LogP contribution in [0.3, 0.4) is 0 Å². The van der Waals surface area contributed by atoms with Crippen molar-refractivity contribution >= 4 is 27.2 Å². The van der Waals surface area contributed by atoms with Crippen molar-refractivity contribution in [2.45, 2.75) is 24.3 Å². The maximum Gasteiger partial charge on any atom is 0.242 e. The molecule has 1 unspecified atom stereocenters. The minimum atomic E-state index is -3.60. The Balaban J connectivity index is 2.21. The number of nitrogens with zero attached hydrogens (tertiary/aromatic N) is 1. The molecule has 6 nitrogen and oxygen atoms in total. The number of anilines is 1. The Labute approximate surface area is 122 Å². The molecule has 8 heteroatoms. The zero-order valence-electron chi connectivity index (χ0n) is 10.9. The lowest BCUT2D eigenvalue weighted by atomic mass is 10.2.